The summed E-state index contributed by atoms with van der Waals surface area (Å²) in [5.74, 6) is -0.847. The highest BCUT2D eigenvalue weighted by Crippen LogP contribution is 2.31. The molecule has 1 saturated heterocycles. The molecule has 2 fully saturated rings. The van der Waals surface area contributed by atoms with Crippen LogP contribution in [-0.4, -0.2) is 34.6 Å². The summed E-state index contributed by atoms with van der Waals surface area (Å²) in [6.45, 7) is 0.242. The molecular weight excluding hydrogens is 311 g/mol. The lowest BCUT2D eigenvalue weighted by atomic mass is 10.1. The molecule has 7 heteroatoms. The second-order valence-corrected chi connectivity index (χ2v) is 6.60. The molecular formula is C17H19FN4O2. The number of anilines is 1. The fourth-order valence-corrected chi connectivity index (χ4v) is 3.69. The van der Waals surface area contributed by atoms with E-state index in [4.69, 9.17) is 0 Å². The molecule has 0 spiro atoms. The van der Waals surface area contributed by atoms with Gasteiger partial charge in [-0.1, -0.05) is 18.9 Å². The van der Waals surface area contributed by atoms with Gasteiger partial charge in [0.15, 0.2) is 5.82 Å². The van der Waals surface area contributed by atoms with Crippen LogP contribution in [0, 0.1) is 11.7 Å². The summed E-state index contributed by atoms with van der Waals surface area (Å²) in [5.41, 5.74) is 0.539. The van der Waals surface area contributed by atoms with Gasteiger partial charge in [0, 0.05) is 19.0 Å². The van der Waals surface area contributed by atoms with Crippen molar-refractivity contribution >= 4 is 28.5 Å². The fourth-order valence-electron chi connectivity index (χ4n) is 3.69. The molecule has 1 aliphatic carbocycles. The molecule has 2 aliphatic rings. The number of amides is 2. The van der Waals surface area contributed by atoms with E-state index in [0.29, 0.717) is 10.9 Å². The smallest absolute Gasteiger partial charge is 0.229 e. The lowest BCUT2D eigenvalue weighted by Crippen LogP contribution is -2.38. The summed E-state index contributed by atoms with van der Waals surface area (Å²) in [4.78, 5) is 26.2. The van der Waals surface area contributed by atoms with E-state index in [-0.39, 0.29) is 36.6 Å². The number of carbonyl (C=O) groups excluding carboxylic acids is 2. The molecule has 1 aliphatic heterocycles. The highest BCUT2D eigenvalue weighted by Gasteiger charge is 2.38. The Kier molecular flexibility index (Phi) is 3.70. The third-order valence-electron chi connectivity index (χ3n) is 4.97. The summed E-state index contributed by atoms with van der Waals surface area (Å²) >= 11 is 0. The van der Waals surface area contributed by atoms with Crippen LogP contribution in [0.5, 0.6) is 0 Å². The van der Waals surface area contributed by atoms with Crippen molar-refractivity contribution in [3.63, 3.8) is 0 Å². The number of benzene rings is 1. The molecule has 1 saturated carbocycles. The standard InChI is InChI=1S/C17H19FN4O2/c18-12-6-3-7-13-15(12)16(21-20-13)22-9-10(8-14(22)23)17(24)19-11-4-1-2-5-11/h3,6-7,10-11H,1-2,4-5,8-9H2,(H,19,24)(H,20,21)/t10-/m0/s1. The van der Waals surface area contributed by atoms with Crippen LogP contribution in [0.2, 0.25) is 0 Å². The van der Waals surface area contributed by atoms with E-state index >= 15 is 0 Å². The van der Waals surface area contributed by atoms with Crippen molar-refractivity contribution < 1.29 is 14.0 Å². The summed E-state index contributed by atoms with van der Waals surface area (Å²) in [7, 11) is 0. The average Bonchev–Trinajstić information content (AvgIpc) is 3.27. The minimum absolute atomic E-state index is 0.0851. The number of fused-ring (bicyclic) bond motifs is 1. The van der Waals surface area contributed by atoms with Gasteiger partial charge in [-0.25, -0.2) is 4.39 Å². The lowest BCUT2D eigenvalue weighted by Gasteiger charge is -2.16. The number of carbonyl (C=O) groups is 2. The Labute approximate surface area is 138 Å². The van der Waals surface area contributed by atoms with Gasteiger partial charge in [-0.3, -0.25) is 19.6 Å². The summed E-state index contributed by atoms with van der Waals surface area (Å²) in [6, 6.07) is 4.86. The molecule has 2 heterocycles. The van der Waals surface area contributed by atoms with Crippen LogP contribution in [0.15, 0.2) is 18.2 Å². The molecule has 1 aromatic carbocycles. The SMILES string of the molecule is O=C(NC1CCCC1)[C@H]1CC(=O)N(c2n[nH]c3cccc(F)c23)C1. The largest absolute Gasteiger partial charge is 0.353 e. The Hall–Kier alpha value is -2.44. The Morgan fingerprint density at radius 1 is 1.33 bits per heavy atom. The van der Waals surface area contributed by atoms with Crippen LogP contribution in [-0.2, 0) is 9.59 Å². The Morgan fingerprint density at radius 2 is 2.12 bits per heavy atom. The molecule has 1 atom stereocenters. The van der Waals surface area contributed by atoms with Gasteiger partial charge in [0.25, 0.3) is 0 Å². The van der Waals surface area contributed by atoms with E-state index in [0.717, 1.165) is 25.7 Å². The van der Waals surface area contributed by atoms with Gasteiger partial charge >= 0.3 is 0 Å². The molecule has 0 radical (unpaired) electrons. The molecule has 1 aromatic heterocycles. The molecule has 126 valence electrons. The fraction of sp³-hybridized carbons (Fsp3) is 0.471. The zero-order valence-electron chi connectivity index (χ0n) is 13.2. The highest BCUT2D eigenvalue weighted by molar-refractivity contribution is 6.05. The zero-order chi connectivity index (χ0) is 16.7. The van der Waals surface area contributed by atoms with Crippen LogP contribution in [0.25, 0.3) is 10.9 Å². The van der Waals surface area contributed by atoms with Crippen LogP contribution >= 0.6 is 0 Å². The van der Waals surface area contributed by atoms with Gasteiger partial charge in [-0.05, 0) is 25.0 Å². The molecule has 4 rings (SSSR count). The van der Waals surface area contributed by atoms with E-state index in [1.165, 1.54) is 11.0 Å². The maximum atomic E-state index is 14.1. The van der Waals surface area contributed by atoms with Gasteiger partial charge in [0.1, 0.15) is 5.82 Å². The highest BCUT2D eigenvalue weighted by atomic mass is 19.1. The summed E-state index contributed by atoms with van der Waals surface area (Å²) in [5, 5.41) is 10.2. The summed E-state index contributed by atoms with van der Waals surface area (Å²) < 4.78 is 14.1. The predicted octanol–water partition coefficient (Wildman–Crippen LogP) is 2.11. The number of rotatable bonds is 3. The topological polar surface area (TPSA) is 78.1 Å². The quantitative estimate of drug-likeness (QED) is 0.905. The zero-order valence-corrected chi connectivity index (χ0v) is 13.2. The van der Waals surface area contributed by atoms with Gasteiger partial charge in [0.2, 0.25) is 11.8 Å². The minimum atomic E-state index is -0.428. The van der Waals surface area contributed by atoms with E-state index < -0.39 is 11.7 Å². The Morgan fingerprint density at radius 3 is 2.92 bits per heavy atom. The van der Waals surface area contributed by atoms with Crippen LogP contribution in [0.1, 0.15) is 32.1 Å². The molecule has 2 amide bonds. The first-order valence-electron chi connectivity index (χ1n) is 8.37. The monoisotopic (exact) mass is 330 g/mol. The lowest BCUT2D eigenvalue weighted by molar-refractivity contribution is -0.126. The van der Waals surface area contributed by atoms with Crippen molar-refractivity contribution in [1.82, 2.24) is 15.5 Å². The predicted molar refractivity (Wildman–Crippen MR) is 86.9 cm³/mol. The number of halogens is 1. The summed E-state index contributed by atoms with van der Waals surface area (Å²) in [6.07, 6.45) is 4.43. The first-order chi connectivity index (χ1) is 11.6. The first kappa shape index (κ1) is 15.1. The van der Waals surface area contributed by atoms with E-state index in [1.807, 2.05) is 0 Å². The van der Waals surface area contributed by atoms with Crippen molar-refractivity contribution in [2.24, 2.45) is 5.92 Å². The average molecular weight is 330 g/mol. The van der Waals surface area contributed by atoms with Gasteiger partial charge in [-0.2, -0.15) is 5.10 Å². The molecule has 2 aromatic rings. The Bertz CT molecular complexity index is 797. The van der Waals surface area contributed by atoms with Crippen LogP contribution in [0.4, 0.5) is 10.2 Å². The minimum Gasteiger partial charge on any atom is -0.353 e. The van der Waals surface area contributed by atoms with Gasteiger partial charge < -0.3 is 5.32 Å². The number of aromatic amines is 1. The number of aromatic nitrogens is 2. The van der Waals surface area contributed by atoms with Crippen molar-refractivity contribution in [3.8, 4) is 0 Å². The maximum Gasteiger partial charge on any atom is 0.229 e. The van der Waals surface area contributed by atoms with Crippen LogP contribution < -0.4 is 10.2 Å². The third kappa shape index (κ3) is 2.53. The van der Waals surface area contributed by atoms with E-state index in [9.17, 15) is 14.0 Å². The maximum absolute atomic E-state index is 14.1. The molecule has 0 bridgehead atoms. The van der Waals surface area contributed by atoms with Crippen molar-refractivity contribution in [3.05, 3.63) is 24.0 Å². The normalized spacial score (nSPS) is 21.8. The van der Waals surface area contributed by atoms with Crippen molar-refractivity contribution in [2.75, 3.05) is 11.4 Å². The number of hydrogen-bond donors (Lipinski definition) is 2. The second kappa shape index (κ2) is 5.89. The number of hydrogen-bond acceptors (Lipinski definition) is 3. The van der Waals surface area contributed by atoms with E-state index in [2.05, 4.69) is 15.5 Å². The number of H-pyrrole nitrogens is 1. The Balaban J connectivity index is 1.54. The third-order valence-corrected chi connectivity index (χ3v) is 4.97. The van der Waals surface area contributed by atoms with Crippen molar-refractivity contribution in [2.45, 2.75) is 38.1 Å². The number of nitrogens with one attached hydrogen (secondary N) is 2. The molecule has 24 heavy (non-hydrogen) atoms. The van der Waals surface area contributed by atoms with Gasteiger partial charge in [-0.15, -0.1) is 0 Å². The van der Waals surface area contributed by atoms with Gasteiger partial charge in [0.05, 0.1) is 16.8 Å². The molecule has 2 N–H and O–H groups in total. The van der Waals surface area contributed by atoms with Crippen molar-refractivity contribution in [1.29, 1.82) is 0 Å². The molecule has 6 nitrogen and oxygen atoms in total. The number of nitrogens with zero attached hydrogens (tertiary/aromatic N) is 2. The van der Waals surface area contributed by atoms with Crippen LogP contribution in [0.3, 0.4) is 0 Å². The van der Waals surface area contributed by atoms with E-state index in [1.54, 1.807) is 12.1 Å². The second-order valence-electron chi connectivity index (χ2n) is 6.60. The molecule has 0 unspecified atom stereocenters. The first-order valence-corrected chi connectivity index (χ1v) is 8.37.